The molecule has 0 N–H and O–H groups in total. The Kier molecular flexibility index (Phi) is 6.27. The summed E-state index contributed by atoms with van der Waals surface area (Å²) >= 11 is 0. The monoisotopic (exact) mass is 326 g/mol. The van der Waals surface area contributed by atoms with E-state index in [9.17, 15) is 0 Å². The Labute approximate surface area is 144 Å². The second-order valence-corrected chi connectivity index (χ2v) is 6.37. The summed E-state index contributed by atoms with van der Waals surface area (Å²) in [6.45, 7) is 3.53. The van der Waals surface area contributed by atoms with Crippen LogP contribution in [0.3, 0.4) is 0 Å². The molecule has 0 radical (unpaired) electrons. The van der Waals surface area contributed by atoms with Crippen molar-refractivity contribution in [1.82, 2.24) is 0 Å². The predicted molar refractivity (Wildman–Crippen MR) is 95.1 cm³/mol. The van der Waals surface area contributed by atoms with Gasteiger partial charge < -0.3 is 14.2 Å². The lowest BCUT2D eigenvalue weighted by Crippen LogP contribution is -2.27. The number of hydrogen-bond acceptors (Lipinski definition) is 3. The van der Waals surface area contributed by atoms with Crippen LogP contribution in [0.2, 0.25) is 0 Å². The molecule has 1 heterocycles. The highest BCUT2D eigenvalue weighted by atomic mass is 16.7. The Bertz CT molecular complexity index is 588. The van der Waals surface area contributed by atoms with Gasteiger partial charge in [0.1, 0.15) is 12.4 Å². The second-order valence-electron chi connectivity index (χ2n) is 6.37. The van der Waals surface area contributed by atoms with Crippen molar-refractivity contribution in [3.63, 3.8) is 0 Å². The Morgan fingerprint density at radius 3 is 2.50 bits per heavy atom. The van der Waals surface area contributed by atoms with Crippen molar-refractivity contribution in [2.75, 3.05) is 6.61 Å². The maximum atomic E-state index is 5.98. The summed E-state index contributed by atoms with van der Waals surface area (Å²) in [6, 6.07) is 18.5. The molecular weight excluding hydrogens is 300 g/mol. The van der Waals surface area contributed by atoms with Gasteiger partial charge in [0.15, 0.2) is 6.29 Å². The first-order valence-electron chi connectivity index (χ1n) is 8.82. The Morgan fingerprint density at radius 1 is 1.00 bits per heavy atom. The summed E-state index contributed by atoms with van der Waals surface area (Å²) < 4.78 is 17.4. The molecule has 3 heteroatoms. The number of benzene rings is 2. The van der Waals surface area contributed by atoms with Crippen molar-refractivity contribution in [3.05, 3.63) is 65.7 Å². The molecule has 2 aromatic carbocycles. The van der Waals surface area contributed by atoms with Crippen LogP contribution in [0.1, 0.15) is 37.3 Å². The molecule has 0 spiro atoms. The Hall–Kier alpha value is -1.84. The highest BCUT2D eigenvalue weighted by molar-refractivity contribution is 5.28. The van der Waals surface area contributed by atoms with Crippen LogP contribution in [-0.2, 0) is 22.5 Å². The summed E-state index contributed by atoms with van der Waals surface area (Å²) in [5, 5.41) is 0. The van der Waals surface area contributed by atoms with Gasteiger partial charge in [-0.1, -0.05) is 42.5 Å². The van der Waals surface area contributed by atoms with Crippen LogP contribution in [0.15, 0.2) is 54.6 Å². The molecule has 24 heavy (non-hydrogen) atoms. The summed E-state index contributed by atoms with van der Waals surface area (Å²) in [6.07, 6.45) is 4.38. The second kappa shape index (κ2) is 8.86. The third kappa shape index (κ3) is 5.36. The lowest BCUT2D eigenvalue weighted by molar-refractivity contribution is -0.183. The van der Waals surface area contributed by atoms with Crippen molar-refractivity contribution in [2.45, 2.75) is 51.6 Å². The van der Waals surface area contributed by atoms with Crippen molar-refractivity contribution < 1.29 is 14.2 Å². The van der Waals surface area contributed by atoms with Gasteiger partial charge in [0, 0.05) is 6.61 Å². The van der Waals surface area contributed by atoms with Crippen LogP contribution in [-0.4, -0.2) is 19.0 Å². The molecule has 0 aliphatic carbocycles. The van der Waals surface area contributed by atoms with Crippen molar-refractivity contribution in [1.29, 1.82) is 0 Å². The zero-order chi connectivity index (χ0) is 16.6. The van der Waals surface area contributed by atoms with Gasteiger partial charge in [-0.3, -0.25) is 0 Å². The van der Waals surface area contributed by atoms with E-state index in [4.69, 9.17) is 14.2 Å². The van der Waals surface area contributed by atoms with Crippen LogP contribution in [0.25, 0.3) is 0 Å². The van der Waals surface area contributed by atoms with Crippen LogP contribution >= 0.6 is 0 Å². The van der Waals surface area contributed by atoms with Gasteiger partial charge in [-0.25, -0.2) is 0 Å². The Morgan fingerprint density at radius 2 is 1.79 bits per heavy atom. The molecule has 1 fully saturated rings. The van der Waals surface area contributed by atoms with Gasteiger partial charge in [0.25, 0.3) is 0 Å². The summed E-state index contributed by atoms with van der Waals surface area (Å²) in [7, 11) is 0. The molecular formula is C21H26O3. The molecule has 0 amide bonds. The summed E-state index contributed by atoms with van der Waals surface area (Å²) in [4.78, 5) is 0. The average molecular weight is 326 g/mol. The zero-order valence-corrected chi connectivity index (χ0v) is 14.3. The van der Waals surface area contributed by atoms with E-state index >= 15 is 0 Å². The minimum absolute atomic E-state index is 0.0257. The standard InChI is InChI=1S/C21H26O3/c1-17(24-21-9-5-6-14-22-21)15-18-10-12-20(13-11-18)23-16-19-7-3-2-4-8-19/h2-4,7-8,10-13,17,21H,5-6,9,14-16H2,1H3. The van der Waals surface area contributed by atoms with Gasteiger partial charge >= 0.3 is 0 Å². The maximum Gasteiger partial charge on any atom is 0.157 e. The van der Waals surface area contributed by atoms with E-state index in [1.165, 1.54) is 17.5 Å². The largest absolute Gasteiger partial charge is 0.489 e. The quantitative estimate of drug-likeness (QED) is 0.735. The van der Waals surface area contributed by atoms with E-state index in [2.05, 4.69) is 31.2 Å². The SMILES string of the molecule is CC(Cc1ccc(OCc2ccccc2)cc1)OC1CCCCO1. The first-order chi connectivity index (χ1) is 11.8. The highest BCUT2D eigenvalue weighted by Crippen LogP contribution is 2.19. The van der Waals surface area contributed by atoms with Gasteiger partial charge in [0.2, 0.25) is 0 Å². The fraction of sp³-hybridized carbons (Fsp3) is 0.429. The molecule has 0 bridgehead atoms. The van der Waals surface area contributed by atoms with Crippen LogP contribution in [0.4, 0.5) is 0 Å². The molecule has 0 aromatic heterocycles. The van der Waals surface area contributed by atoms with Gasteiger partial charge in [-0.15, -0.1) is 0 Å². The first kappa shape index (κ1) is 17.0. The summed E-state index contributed by atoms with van der Waals surface area (Å²) in [5.74, 6) is 0.895. The van der Waals surface area contributed by atoms with Crippen molar-refractivity contribution in [3.8, 4) is 5.75 Å². The highest BCUT2D eigenvalue weighted by Gasteiger charge is 2.17. The Balaban J connectivity index is 1.45. The van der Waals surface area contributed by atoms with Crippen molar-refractivity contribution >= 4 is 0 Å². The molecule has 1 aliphatic heterocycles. The number of rotatable bonds is 7. The molecule has 2 unspecified atom stereocenters. The summed E-state index contributed by atoms with van der Waals surface area (Å²) in [5.41, 5.74) is 2.43. The molecule has 1 saturated heterocycles. The first-order valence-corrected chi connectivity index (χ1v) is 8.82. The van der Waals surface area contributed by atoms with E-state index < -0.39 is 0 Å². The van der Waals surface area contributed by atoms with Crippen molar-refractivity contribution in [2.24, 2.45) is 0 Å². The van der Waals surface area contributed by atoms with E-state index in [0.717, 1.165) is 31.6 Å². The van der Waals surface area contributed by atoms with Gasteiger partial charge in [-0.05, 0) is 55.9 Å². The minimum atomic E-state index is -0.0257. The topological polar surface area (TPSA) is 27.7 Å². The van der Waals surface area contributed by atoms with E-state index in [1.54, 1.807) is 0 Å². The molecule has 3 rings (SSSR count). The smallest absolute Gasteiger partial charge is 0.157 e. The fourth-order valence-electron chi connectivity index (χ4n) is 2.92. The normalized spacial score (nSPS) is 19.0. The average Bonchev–Trinajstić information content (AvgIpc) is 2.63. The molecule has 2 atom stereocenters. The zero-order valence-electron chi connectivity index (χ0n) is 14.3. The molecule has 0 saturated carbocycles. The lowest BCUT2D eigenvalue weighted by atomic mass is 10.1. The lowest BCUT2D eigenvalue weighted by Gasteiger charge is -2.26. The van der Waals surface area contributed by atoms with E-state index in [0.29, 0.717) is 6.61 Å². The van der Waals surface area contributed by atoms with Crippen LogP contribution in [0, 0.1) is 0 Å². The fourth-order valence-corrected chi connectivity index (χ4v) is 2.92. The maximum absolute atomic E-state index is 5.98. The van der Waals surface area contributed by atoms with Crippen LogP contribution in [0.5, 0.6) is 5.75 Å². The number of hydrogen-bond donors (Lipinski definition) is 0. The van der Waals surface area contributed by atoms with E-state index in [1.807, 2.05) is 30.3 Å². The molecule has 128 valence electrons. The molecule has 3 nitrogen and oxygen atoms in total. The minimum Gasteiger partial charge on any atom is -0.489 e. The predicted octanol–water partition coefficient (Wildman–Crippen LogP) is 4.74. The third-order valence-electron chi connectivity index (χ3n) is 4.22. The van der Waals surface area contributed by atoms with Crippen LogP contribution < -0.4 is 4.74 Å². The molecule has 2 aromatic rings. The number of ether oxygens (including phenoxy) is 3. The molecule has 1 aliphatic rings. The van der Waals surface area contributed by atoms with Gasteiger partial charge in [0.05, 0.1) is 6.10 Å². The van der Waals surface area contributed by atoms with Gasteiger partial charge in [-0.2, -0.15) is 0 Å². The van der Waals surface area contributed by atoms with E-state index in [-0.39, 0.29) is 12.4 Å². The third-order valence-corrected chi connectivity index (χ3v) is 4.22.